The maximum atomic E-state index is 10.9. The van der Waals surface area contributed by atoms with Crippen LogP contribution in [0, 0.1) is 0 Å². The molecule has 0 spiro atoms. The molecule has 0 heterocycles. The van der Waals surface area contributed by atoms with Gasteiger partial charge in [-0.2, -0.15) is 0 Å². The average Bonchev–Trinajstić information content (AvgIpc) is 2.21. The second-order valence-electron chi connectivity index (χ2n) is 3.76. The molecule has 0 saturated carbocycles. The Bertz CT molecular complexity index is 474. The van der Waals surface area contributed by atoms with Gasteiger partial charge in [-0.3, -0.25) is 0 Å². The zero-order chi connectivity index (χ0) is 12.9. The van der Waals surface area contributed by atoms with Crippen LogP contribution in [0.3, 0.4) is 0 Å². The Balaban J connectivity index is 2.34. The van der Waals surface area contributed by atoms with Crippen LogP contribution in [-0.4, -0.2) is 27.0 Å². The van der Waals surface area contributed by atoms with Crippen molar-refractivity contribution in [2.24, 2.45) is 0 Å². The maximum Gasteiger partial charge on any atom is 0.147 e. The minimum Gasteiger partial charge on any atom is -0.492 e. The molecule has 0 radical (unpaired) electrons. The first-order valence-corrected chi connectivity index (χ1v) is 8.37. The number of unbranched alkanes of at least 4 members (excludes halogenated alkanes) is 1. The molecule has 0 amide bonds. The topological polar surface area (TPSA) is 43.4 Å². The highest BCUT2D eigenvalue weighted by Crippen LogP contribution is 2.27. The van der Waals surface area contributed by atoms with E-state index in [1.807, 2.05) is 6.07 Å². The molecule has 0 N–H and O–H groups in total. The first-order chi connectivity index (χ1) is 7.88. The standard InChI is InChI=1S/C11H14BrClO3S/c1-17(14,15)7-3-2-6-16-11-8-9(12)4-5-10(11)13/h4-5,8H,2-3,6-7H2,1H3. The van der Waals surface area contributed by atoms with Crippen molar-refractivity contribution in [1.29, 1.82) is 0 Å². The van der Waals surface area contributed by atoms with Gasteiger partial charge in [0.15, 0.2) is 0 Å². The summed E-state index contributed by atoms with van der Waals surface area (Å²) >= 11 is 9.27. The molecule has 0 atom stereocenters. The van der Waals surface area contributed by atoms with Crippen LogP contribution in [0.15, 0.2) is 22.7 Å². The fourth-order valence-corrected chi connectivity index (χ4v) is 2.48. The molecule has 0 aliphatic rings. The number of sulfone groups is 1. The van der Waals surface area contributed by atoms with Crippen LogP contribution in [0.2, 0.25) is 5.02 Å². The van der Waals surface area contributed by atoms with E-state index in [0.29, 0.717) is 30.2 Å². The van der Waals surface area contributed by atoms with Crippen LogP contribution >= 0.6 is 27.5 Å². The molecule has 3 nitrogen and oxygen atoms in total. The largest absolute Gasteiger partial charge is 0.492 e. The number of ether oxygens (including phenoxy) is 1. The Morgan fingerprint density at radius 2 is 2.06 bits per heavy atom. The quantitative estimate of drug-likeness (QED) is 0.746. The van der Waals surface area contributed by atoms with E-state index >= 15 is 0 Å². The lowest BCUT2D eigenvalue weighted by Crippen LogP contribution is -2.05. The minimum absolute atomic E-state index is 0.197. The van der Waals surface area contributed by atoms with Gasteiger partial charge < -0.3 is 4.74 Å². The second-order valence-corrected chi connectivity index (χ2v) is 7.34. The number of rotatable bonds is 6. The number of benzene rings is 1. The highest BCUT2D eigenvalue weighted by Gasteiger charge is 2.04. The molecule has 1 rings (SSSR count). The van der Waals surface area contributed by atoms with Gasteiger partial charge in [-0.15, -0.1) is 0 Å². The molecule has 0 unspecified atom stereocenters. The Hall–Kier alpha value is -0.260. The lowest BCUT2D eigenvalue weighted by molar-refractivity contribution is 0.309. The first kappa shape index (κ1) is 14.8. The van der Waals surface area contributed by atoms with E-state index in [4.69, 9.17) is 16.3 Å². The molecule has 0 fully saturated rings. The van der Waals surface area contributed by atoms with E-state index in [-0.39, 0.29) is 5.75 Å². The van der Waals surface area contributed by atoms with Gasteiger partial charge in [0.1, 0.15) is 15.6 Å². The molecule has 0 aromatic heterocycles. The summed E-state index contributed by atoms with van der Waals surface area (Å²) in [5, 5.41) is 0.552. The molecule has 96 valence electrons. The Morgan fingerprint density at radius 3 is 2.71 bits per heavy atom. The van der Waals surface area contributed by atoms with E-state index in [1.165, 1.54) is 6.26 Å². The van der Waals surface area contributed by atoms with Crippen LogP contribution in [0.1, 0.15) is 12.8 Å². The van der Waals surface area contributed by atoms with Gasteiger partial charge in [0.05, 0.1) is 17.4 Å². The molecule has 1 aromatic carbocycles. The second kappa shape index (κ2) is 6.61. The first-order valence-electron chi connectivity index (χ1n) is 5.14. The molecular formula is C11H14BrClO3S. The minimum atomic E-state index is -2.87. The summed E-state index contributed by atoms with van der Waals surface area (Å²) in [5.41, 5.74) is 0. The lowest BCUT2D eigenvalue weighted by atomic mass is 10.3. The molecule has 1 aromatic rings. The van der Waals surface area contributed by atoms with Crippen LogP contribution < -0.4 is 4.74 Å². The zero-order valence-corrected chi connectivity index (χ0v) is 12.6. The van der Waals surface area contributed by atoms with Crippen LogP contribution in [0.25, 0.3) is 0 Å². The highest BCUT2D eigenvalue weighted by atomic mass is 79.9. The fraction of sp³-hybridized carbons (Fsp3) is 0.455. The molecule has 6 heteroatoms. The average molecular weight is 342 g/mol. The molecular weight excluding hydrogens is 328 g/mol. The van der Waals surface area contributed by atoms with E-state index < -0.39 is 9.84 Å². The number of halogens is 2. The Labute approximate surface area is 115 Å². The summed E-state index contributed by atoms with van der Waals surface area (Å²) in [4.78, 5) is 0. The predicted octanol–water partition coefficient (Wildman–Crippen LogP) is 3.31. The van der Waals surface area contributed by atoms with E-state index in [1.54, 1.807) is 12.1 Å². The van der Waals surface area contributed by atoms with Gasteiger partial charge in [-0.25, -0.2) is 8.42 Å². The van der Waals surface area contributed by atoms with E-state index in [9.17, 15) is 8.42 Å². The third kappa shape index (κ3) is 6.29. The third-order valence-corrected chi connectivity index (χ3v) is 3.90. The van der Waals surface area contributed by atoms with E-state index in [2.05, 4.69) is 15.9 Å². The van der Waals surface area contributed by atoms with Crippen molar-refractivity contribution < 1.29 is 13.2 Å². The summed E-state index contributed by atoms with van der Waals surface area (Å²) in [5.74, 6) is 0.808. The van der Waals surface area contributed by atoms with E-state index in [0.717, 1.165) is 4.47 Å². The summed E-state index contributed by atoms with van der Waals surface area (Å²) in [7, 11) is -2.87. The third-order valence-electron chi connectivity index (χ3n) is 2.06. The van der Waals surface area contributed by atoms with Gasteiger partial charge >= 0.3 is 0 Å². The zero-order valence-electron chi connectivity index (χ0n) is 9.45. The van der Waals surface area contributed by atoms with Crippen molar-refractivity contribution in [2.45, 2.75) is 12.8 Å². The van der Waals surface area contributed by atoms with Gasteiger partial charge in [-0.1, -0.05) is 27.5 Å². The maximum absolute atomic E-state index is 10.9. The molecule has 0 aliphatic carbocycles. The number of hydrogen-bond donors (Lipinski definition) is 0. The van der Waals surface area contributed by atoms with Crippen molar-refractivity contribution in [3.8, 4) is 5.75 Å². The smallest absolute Gasteiger partial charge is 0.147 e. The summed E-state index contributed by atoms with van der Waals surface area (Å²) in [6.45, 7) is 0.464. The molecule has 17 heavy (non-hydrogen) atoms. The van der Waals surface area contributed by atoms with Gasteiger partial charge in [0.2, 0.25) is 0 Å². The van der Waals surface area contributed by atoms with Crippen molar-refractivity contribution in [3.05, 3.63) is 27.7 Å². The van der Waals surface area contributed by atoms with Crippen LogP contribution in [0.4, 0.5) is 0 Å². The number of hydrogen-bond acceptors (Lipinski definition) is 3. The monoisotopic (exact) mass is 340 g/mol. The normalized spacial score (nSPS) is 11.5. The fourth-order valence-electron chi connectivity index (χ4n) is 1.24. The van der Waals surface area contributed by atoms with Crippen molar-refractivity contribution in [2.75, 3.05) is 18.6 Å². The summed E-state index contributed by atoms with van der Waals surface area (Å²) in [6.07, 6.45) is 2.53. The Morgan fingerprint density at radius 1 is 1.35 bits per heavy atom. The van der Waals surface area contributed by atoms with Gasteiger partial charge in [0.25, 0.3) is 0 Å². The SMILES string of the molecule is CS(=O)(=O)CCCCOc1cc(Br)ccc1Cl. The van der Waals surface area contributed by atoms with Gasteiger partial charge in [0, 0.05) is 10.7 Å². The lowest BCUT2D eigenvalue weighted by Gasteiger charge is -2.08. The predicted molar refractivity (Wildman–Crippen MR) is 73.6 cm³/mol. The molecule has 0 bridgehead atoms. The summed E-state index contributed by atoms with van der Waals surface area (Å²) < 4.78 is 28.2. The highest BCUT2D eigenvalue weighted by molar-refractivity contribution is 9.10. The van der Waals surface area contributed by atoms with Gasteiger partial charge in [-0.05, 0) is 31.0 Å². The molecule has 0 saturated heterocycles. The Kier molecular flexibility index (Phi) is 5.76. The van der Waals surface area contributed by atoms with Crippen molar-refractivity contribution in [3.63, 3.8) is 0 Å². The molecule has 0 aliphatic heterocycles. The summed E-state index contributed by atoms with van der Waals surface area (Å²) in [6, 6.07) is 5.37. The van der Waals surface area contributed by atoms with Crippen LogP contribution in [0.5, 0.6) is 5.75 Å². The van der Waals surface area contributed by atoms with Crippen molar-refractivity contribution >= 4 is 37.4 Å². The van der Waals surface area contributed by atoms with Crippen LogP contribution in [-0.2, 0) is 9.84 Å². The van der Waals surface area contributed by atoms with Crippen molar-refractivity contribution in [1.82, 2.24) is 0 Å².